The molecule has 1 aliphatic heterocycles. The summed E-state index contributed by atoms with van der Waals surface area (Å²) < 4.78 is 6.68. The van der Waals surface area contributed by atoms with Gasteiger partial charge in [0.1, 0.15) is 11.4 Å². The molecular formula is C18H20N8O3. The highest BCUT2D eigenvalue weighted by atomic mass is 16.6. The Hall–Kier alpha value is -3.76. The summed E-state index contributed by atoms with van der Waals surface area (Å²) in [7, 11) is 1.62. The van der Waals surface area contributed by atoms with Gasteiger partial charge in [-0.05, 0) is 18.6 Å². The number of hydrogen-bond donors (Lipinski definition) is 2. The molecule has 0 aromatic carbocycles. The predicted octanol–water partition coefficient (Wildman–Crippen LogP) is 0.777. The Morgan fingerprint density at radius 3 is 2.79 bits per heavy atom. The molecule has 2 amide bonds. The third-order valence-electron chi connectivity index (χ3n) is 4.55. The molecule has 2 N–H and O–H groups in total. The van der Waals surface area contributed by atoms with Crippen molar-refractivity contribution in [3.63, 3.8) is 0 Å². The third-order valence-corrected chi connectivity index (χ3v) is 4.55. The van der Waals surface area contributed by atoms with Gasteiger partial charge in [0.15, 0.2) is 5.82 Å². The maximum Gasteiger partial charge on any atom is 0.413 e. The van der Waals surface area contributed by atoms with Crippen LogP contribution in [0.3, 0.4) is 0 Å². The van der Waals surface area contributed by atoms with Gasteiger partial charge >= 0.3 is 6.09 Å². The van der Waals surface area contributed by atoms with Gasteiger partial charge < -0.3 is 15.0 Å². The lowest BCUT2D eigenvalue weighted by Gasteiger charge is -2.30. The monoisotopic (exact) mass is 396 g/mol. The van der Waals surface area contributed by atoms with Crippen molar-refractivity contribution >= 4 is 12.0 Å². The van der Waals surface area contributed by atoms with E-state index in [0.717, 1.165) is 12.0 Å². The van der Waals surface area contributed by atoms with Crippen molar-refractivity contribution in [2.45, 2.75) is 12.8 Å². The van der Waals surface area contributed by atoms with Crippen LogP contribution in [0.1, 0.15) is 22.6 Å². The number of nitrogens with one attached hydrogen (secondary N) is 2. The molecule has 0 radical (unpaired) electrons. The second-order valence-electron chi connectivity index (χ2n) is 6.54. The SMILES string of the molecule is Cn1ncc(C(=O)N2CCC2)c1OC(=O)NCCc1nc(-c2ccncc2)n[nH]1. The highest BCUT2D eigenvalue weighted by molar-refractivity contribution is 5.97. The van der Waals surface area contributed by atoms with Crippen LogP contribution in [0.2, 0.25) is 0 Å². The first-order valence-corrected chi connectivity index (χ1v) is 9.20. The molecule has 11 nitrogen and oxygen atoms in total. The summed E-state index contributed by atoms with van der Waals surface area (Å²) in [5, 5.41) is 13.7. The van der Waals surface area contributed by atoms with E-state index in [-0.39, 0.29) is 23.9 Å². The Morgan fingerprint density at radius 2 is 2.07 bits per heavy atom. The topological polar surface area (TPSA) is 131 Å². The third kappa shape index (κ3) is 4.08. The van der Waals surface area contributed by atoms with Gasteiger partial charge in [0.2, 0.25) is 5.88 Å². The summed E-state index contributed by atoms with van der Waals surface area (Å²) in [6, 6.07) is 3.63. The van der Waals surface area contributed by atoms with Gasteiger partial charge in [0.05, 0.1) is 6.20 Å². The number of aromatic nitrogens is 6. The molecule has 0 aliphatic carbocycles. The van der Waals surface area contributed by atoms with E-state index in [1.165, 1.54) is 10.9 Å². The van der Waals surface area contributed by atoms with E-state index in [2.05, 4.69) is 30.6 Å². The first kappa shape index (κ1) is 18.6. The minimum absolute atomic E-state index is 0.124. The quantitative estimate of drug-likeness (QED) is 0.629. The molecule has 4 heterocycles. The zero-order chi connectivity index (χ0) is 20.2. The van der Waals surface area contributed by atoms with Crippen molar-refractivity contribution in [3.05, 3.63) is 42.1 Å². The van der Waals surface area contributed by atoms with Gasteiger partial charge in [-0.2, -0.15) is 10.2 Å². The zero-order valence-electron chi connectivity index (χ0n) is 15.8. The van der Waals surface area contributed by atoms with E-state index < -0.39 is 6.09 Å². The smallest absolute Gasteiger partial charge is 0.391 e. The molecule has 4 rings (SSSR count). The number of aromatic amines is 1. The minimum Gasteiger partial charge on any atom is -0.391 e. The molecule has 0 spiro atoms. The average Bonchev–Trinajstić information content (AvgIpc) is 3.29. The summed E-state index contributed by atoms with van der Waals surface area (Å²) in [5.74, 6) is 1.14. The molecule has 29 heavy (non-hydrogen) atoms. The summed E-state index contributed by atoms with van der Waals surface area (Å²) in [6.07, 6.45) is 5.51. The second-order valence-corrected chi connectivity index (χ2v) is 6.54. The van der Waals surface area contributed by atoms with E-state index >= 15 is 0 Å². The van der Waals surface area contributed by atoms with E-state index in [4.69, 9.17) is 4.74 Å². The first-order valence-electron chi connectivity index (χ1n) is 9.20. The molecule has 0 unspecified atom stereocenters. The van der Waals surface area contributed by atoms with Crippen molar-refractivity contribution in [3.8, 4) is 17.3 Å². The van der Waals surface area contributed by atoms with Gasteiger partial charge in [-0.25, -0.2) is 14.5 Å². The lowest BCUT2D eigenvalue weighted by atomic mass is 10.2. The van der Waals surface area contributed by atoms with Crippen LogP contribution in [0, 0.1) is 0 Å². The van der Waals surface area contributed by atoms with Gasteiger partial charge in [0, 0.05) is 51.1 Å². The number of carbonyl (C=O) groups excluding carboxylic acids is 2. The van der Waals surface area contributed by atoms with Crippen LogP contribution in [-0.4, -0.2) is 66.5 Å². The number of aryl methyl sites for hydroxylation is 1. The number of amides is 2. The largest absolute Gasteiger partial charge is 0.413 e. The van der Waals surface area contributed by atoms with E-state index in [1.807, 2.05) is 12.1 Å². The molecule has 3 aromatic heterocycles. The minimum atomic E-state index is -0.667. The van der Waals surface area contributed by atoms with Crippen molar-refractivity contribution < 1.29 is 14.3 Å². The lowest BCUT2D eigenvalue weighted by Crippen LogP contribution is -2.42. The summed E-state index contributed by atoms with van der Waals surface area (Å²) in [5.41, 5.74) is 1.13. The van der Waals surface area contributed by atoms with Crippen molar-refractivity contribution in [2.75, 3.05) is 19.6 Å². The van der Waals surface area contributed by atoms with Crippen LogP contribution >= 0.6 is 0 Å². The average molecular weight is 396 g/mol. The van der Waals surface area contributed by atoms with Crippen LogP contribution in [0.5, 0.6) is 5.88 Å². The van der Waals surface area contributed by atoms with Crippen LogP contribution in [-0.2, 0) is 13.5 Å². The molecule has 0 atom stereocenters. The van der Waals surface area contributed by atoms with Gasteiger partial charge in [-0.15, -0.1) is 0 Å². The molecule has 11 heteroatoms. The second kappa shape index (κ2) is 8.09. The Labute approximate surface area is 166 Å². The van der Waals surface area contributed by atoms with Gasteiger partial charge in [-0.3, -0.25) is 14.9 Å². The summed E-state index contributed by atoms with van der Waals surface area (Å²) >= 11 is 0. The Bertz CT molecular complexity index is 1010. The molecule has 1 saturated heterocycles. The standard InChI is InChI=1S/C18H20N8O3/c1-25-17(13(11-21-25)16(27)26-9-2-10-26)29-18(28)20-8-5-14-22-15(24-23-14)12-3-6-19-7-4-12/h3-4,6-7,11H,2,5,8-10H2,1H3,(H,20,28)(H,22,23,24). The van der Waals surface area contributed by atoms with Gasteiger partial charge in [0.25, 0.3) is 5.91 Å². The van der Waals surface area contributed by atoms with E-state index in [0.29, 0.717) is 31.2 Å². The number of H-pyrrole nitrogens is 1. The summed E-state index contributed by atoms with van der Waals surface area (Å²) in [4.78, 5) is 34.6. The fraction of sp³-hybridized carbons (Fsp3) is 0.333. The molecular weight excluding hydrogens is 376 g/mol. The molecule has 1 aliphatic rings. The number of rotatable bonds is 6. The number of nitrogens with zero attached hydrogens (tertiary/aromatic N) is 6. The number of pyridine rings is 1. The molecule has 0 saturated carbocycles. The molecule has 150 valence electrons. The predicted molar refractivity (Wildman–Crippen MR) is 101 cm³/mol. The van der Waals surface area contributed by atoms with Crippen LogP contribution in [0.4, 0.5) is 4.79 Å². The highest BCUT2D eigenvalue weighted by Crippen LogP contribution is 2.21. The number of likely N-dealkylation sites (tertiary alicyclic amines) is 1. The van der Waals surface area contributed by atoms with E-state index in [1.54, 1.807) is 24.3 Å². The Kier molecular flexibility index (Phi) is 5.18. The van der Waals surface area contributed by atoms with Crippen molar-refractivity contribution in [1.29, 1.82) is 0 Å². The fourth-order valence-electron chi connectivity index (χ4n) is 2.83. The van der Waals surface area contributed by atoms with Crippen LogP contribution in [0.15, 0.2) is 30.7 Å². The van der Waals surface area contributed by atoms with Crippen LogP contribution < -0.4 is 10.1 Å². The lowest BCUT2D eigenvalue weighted by molar-refractivity contribution is 0.0648. The van der Waals surface area contributed by atoms with Crippen molar-refractivity contribution in [1.82, 2.24) is 40.2 Å². The van der Waals surface area contributed by atoms with Gasteiger partial charge in [-0.1, -0.05) is 0 Å². The number of hydrogen-bond acceptors (Lipinski definition) is 7. The zero-order valence-corrected chi connectivity index (χ0v) is 15.8. The molecule has 0 bridgehead atoms. The van der Waals surface area contributed by atoms with Crippen molar-refractivity contribution in [2.24, 2.45) is 7.05 Å². The Balaban J connectivity index is 1.30. The maximum absolute atomic E-state index is 12.4. The highest BCUT2D eigenvalue weighted by Gasteiger charge is 2.27. The molecule has 1 fully saturated rings. The Morgan fingerprint density at radius 1 is 1.28 bits per heavy atom. The van der Waals surface area contributed by atoms with Crippen LogP contribution in [0.25, 0.3) is 11.4 Å². The normalized spacial score (nSPS) is 13.1. The number of ether oxygens (including phenoxy) is 1. The summed E-state index contributed by atoms with van der Waals surface area (Å²) in [6.45, 7) is 1.70. The molecule has 3 aromatic rings. The van der Waals surface area contributed by atoms with E-state index in [9.17, 15) is 9.59 Å². The number of carbonyl (C=O) groups is 2. The maximum atomic E-state index is 12.4. The fourth-order valence-corrected chi connectivity index (χ4v) is 2.83. The first-order chi connectivity index (χ1) is 14.1.